The smallest absolute Gasteiger partial charge is 0.396 e. The number of carbonyl (C=O) groups is 1. The van der Waals surface area contributed by atoms with Gasteiger partial charge in [0.2, 0.25) is 10.0 Å². The molecule has 38 heavy (non-hydrogen) atoms. The summed E-state index contributed by atoms with van der Waals surface area (Å²) >= 11 is 0.947. The maximum absolute atomic E-state index is 13.9. The number of amides is 1. The maximum Gasteiger partial charge on any atom is 0.396 e. The fourth-order valence-corrected chi connectivity index (χ4v) is 9.57. The van der Waals surface area contributed by atoms with Gasteiger partial charge < -0.3 is 15.3 Å². The molecule has 10 nitrogen and oxygen atoms in total. The van der Waals surface area contributed by atoms with Crippen LogP contribution >= 0.6 is 11.3 Å². The number of fused-ring (bicyclic) bond motifs is 6. The first-order valence-corrected chi connectivity index (χ1v) is 16.3. The highest BCUT2D eigenvalue weighted by Crippen LogP contribution is 2.61. The van der Waals surface area contributed by atoms with Crippen LogP contribution in [0.3, 0.4) is 0 Å². The molecule has 2 unspecified atom stereocenters. The third-order valence-electron chi connectivity index (χ3n) is 8.49. The van der Waals surface area contributed by atoms with Crippen molar-refractivity contribution in [2.75, 3.05) is 18.1 Å². The number of anilines is 1. The number of sulfonamides is 2. The third kappa shape index (κ3) is 3.97. The zero-order valence-corrected chi connectivity index (χ0v) is 22.5. The van der Waals surface area contributed by atoms with Crippen molar-refractivity contribution in [1.29, 1.82) is 0 Å². The van der Waals surface area contributed by atoms with Gasteiger partial charge in [-0.1, -0.05) is 0 Å². The zero-order chi connectivity index (χ0) is 27.4. The third-order valence-corrected chi connectivity index (χ3v) is 11.6. The van der Waals surface area contributed by atoms with Crippen LogP contribution in [0.5, 0.6) is 0 Å². The van der Waals surface area contributed by atoms with Gasteiger partial charge in [0.15, 0.2) is 5.84 Å². The predicted molar refractivity (Wildman–Crippen MR) is 131 cm³/mol. The molecule has 1 aromatic heterocycles. The topological polar surface area (TPSA) is 145 Å². The molecule has 1 aromatic rings. The highest BCUT2D eigenvalue weighted by molar-refractivity contribution is 7.91. The van der Waals surface area contributed by atoms with Gasteiger partial charge in [-0.15, -0.1) is 15.7 Å². The van der Waals surface area contributed by atoms with Gasteiger partial charge in [-0.2, -0.15) is 21.6 Å². The van der Waals surface area contributed by atoms with Crippen LogP contribution in [-0.4, -0.2) is 63.6 Å². The van der Waals surface area contributed by atoms with Crippen LogP contribution in [0.25, 0.3) is 0 Å². The lowest BCUT2D eigenvalue weighted by Crippen LogP contribution is -2.57. The van der Waals surface area contributed by atoms with Crippen molar-refractivity contribution in [1.82, 2.24) is 9.62 Å². The number of thiophene rings is 1. The number of aliphatic hydroxyl groups excluding tert-OH is 1. The van der Waals surface area contributed by atoms with Gasteiger partial charge >= 0.3 is 6.18 Å². The van der Waals surface area contributed by atoms with Gasteiger partial charge in [0.1, 0.15) is 21.2 Å². The molecular formula is C22H25F3N4O6S3. The molecule has 3 N–H and O–H groups in total. The lowest BCUT2D eigenvalue weighted by Gasteiger charge is -2.45. The molecule has 208 valence electrons. The maximum atomic E-state index is 13.9. The Morgan fingerprint density at radius 3 is 2.61 bits per heavy atom. The summed E-state index contributed by atoms with van der Waals surface area (Å²) in [4.78, 5) is 14.7. The molecule has 5 aliphatic rings. The Labute approximate surface area is 221 Å². The second-order valence-corrected chi connectivity index (χ2v) is 15.1. The molecule has 3 heterocycles. The van der Waals surface area contributed by atoms with E-state index in [1.807, 2.05) is 0 Å². The van der Waals surface area contributed by atoms with Gasteiger partial charge in [0.05, 0.1) is 11.7 Å². The summed E-state index contributed by atoms with van der Waals surface area (Å²) in [6.07, 6.45) is -1.54. The van der Waals surface area contributed by atoms with Gasteiger partial charge in [0.25, 0.3) is 15.9 Å². The standard InChI is InChI=1S/C22H25F3N4O6S3/c1-37(32,33)26-7-12-8-36-19-17(12)38(34,35)28-18(27-19)14-16(30)13-10-2-3-11(6-10)15(13)29(20(14)31)9-21(4-5-21)22(23,24)25/h8,10-11,13,15,26,30H,2-7,9H2,1H3,(H,27,28)/t10-,11+,13?,15?/m1/s1. The van der Waals surface area contributed by atoms with Gasteiger partial charge in [0, 0.05) is 30.6 Å². The monoisotopic (exact) mass is 594 g/mol. The molecule has 2 aliphatic heterocycles. The number of nitrogens with zero attached hydrogens (tertiary/aromatic N) is 2. The molecule has 0 radical (unpaired) electrons. The fourth-order valence-electron chi connectivity index (χ4n) is 6.54. The molecule has 1 amide bonds. The summed E-state index contributed by atoms with van der Waals surface area (Å²) in [6.45, 7) is -0.842. The van der Waals surface area contributed by atoms with Crippen LogP contribution in [0.2, 0.25) is 0 Å². The first-order valence-electron chi connectivity index (χ1n) is 12.1. The van der Waals surface area contributed by atoms with Crippen LogP contribution in [0, 0.1) is 23.2 Å². The first kappa shape index (κ1) is 26.1. The van der Waals surface area contributed by atoms with Crippen LogP contribution in [0.1, 0.15) is 37.7 Å². The quantitative estimate of drug-likeness (QED) is 0.459. The minimum atomic E-state index is -4.49. The molecular weight excluding hydrogens is 569 g/mol. The number of amidine groups is 1. The highest BCUT2D eigenvalue weighted by atomic mass is 32.2. The van der Waals surface area contributed by atoms with Crippen molar-refractivity contribution in [3.05, 3.63) is 22.3 Å². The summed E-state index contributed by atoms with van der Waals surface area (Å²) in [6, 6.07) is -0.573. The number of carbonyl (C=O) groups excluding carboxylic acids is 1. The summed E-state index contributed by atoms with van der Waals surface area (Å²) in [5.41, 5.74) is -2.27. The van der Waals surface area contributed by atoms with Crippen LogP contribution < -0.4 is 10.0 Å². The van der Waals surface area contributed by atoms with Crippen LogP contribution in [-0.2, 0) is 31.4 Å². The van der Waals surface area contributed by atoms with Crippen molar-refractivity contribution in [2.24, 2.45) is 27.6 Å². The van der Waals surface area contributed by atoms with Gasteiger partial charge in [-0.05, 0) is 49.3 Å². The average molecular weight is 595 g/mol. The summed E-state index contributed by atoms with van der Waals surface area (Å²) in [7, 11) is -8.05. The number of hydrogen-bond donors (Lipinski definition) is 3. The van der Waals surface area contributed by atoms with Crippen molar-refractivity contribution in [3.63, 3.8) is 0 Å². The van der Waals surface area contributed by atoms with Crippen molar-refractivity contribution < 1.29 is 39.9 Å². The predicted octanol–water partition coefficient (Wildman–Crippen LogP) is 2.72. The van der Waals surface area contributed by atoms with E-state index in [1.54, 1.807) is 0 Å². The number of hydrogen-bond acceptors (Lipinski definition) is 8. The molecule has 0 aromatic carbocycles. The van der Waals surface area contributed by atoms with Crippen LogP contribution in [0.4, 0.5) is 18.2 Å². The number of aliphatic hydroxyl groups is 1. The Bertz CT molecular complexity index is 1510. The summed E-state index contributed by atoms with van der Waals surface area (Å²) in [5, 5.41) is 15.6. The second kappa shape index (κ2) is 8.17. The number of nitrogens with one attached hydrogen (secondary N) is 2. The van der Waals surface area contributed by atoms with E-state index in [4.69, 9.17) is 0 Å². The van der Waals surface area contributed by atoms with Crippen molar-refractivity contribution in [2.45, 2.75) is 55.8 Å². The van der Waals surface area contributed by atoms with E-state index in [-0.39, 0.29) is 52.4 Å². The first-order chi connectivity index (χ1) is 17.6. The minimum Gasteiger partial charge on any atom is -0.511 e. The highest BCUT2D eigenvalue weighted by Gasteiger charge is 2.66. The molecule has 16 heteroatoms. The normalized spacial score (nSPS) is 31.1. The Hall–Kier alpha value is -2.17. The SMILES string of the molecule is CS(=O)(=O)NCc1csc2c1S(=O)(=O)N=C(C1=C(O)C3C([C@H]4CC[C@@H]3C4)N(CC3(C(F)(F)F)CC3)C1=O)N2. The Morgan fingerprint density at radius 1 is 1.29 bits per heavy atom. The Balaban J connectivity index is 1.39. The van der Waals surface area contributed by atoms with E-state index in [0.717, 1.165) is 30.4 Å². The minimum absolute atomic E-state index is 0.0246. The van der Waals surface area contributed by atoms with E-state index in [2.05, 4.69) is 14.4 Å². The second-order valence-electron chi connectivity index (χ2n) is 10.9. The summed E-state index contributed by atoms with van der Waals surface area (Å²) < 4.78 is 97.0. The van der Waals surface area contributed by atoms with E-state index in [1.165, 1.54) is 10.3 Å². The van der Waals surface area contributed by atoms with Crippen molar-refractivity contribution in [3.8, 4) is 0 Å². The van der Waals surface area contributed by atoms with E-state index in [9.17, 15) is 39.9 Å². The molecule has 6 rings (SSSR count). The Kier molecular flexibility index (Phi) is 5.61. The van der Waals surface area contributed by atoms with Crippen LogP contribution in [0.15, 0.2) is 26.0 Å². The molecule has 3 saturated carbocycles. The summed E-state index contributed by atoms with van der Waals surface area (Å²) in [5.74, 6) is -2.28. The molecule has 0 saturated heterocycles. The fraction of sp³-hybridized carbons (Fsp3) is 0.636. The van der Waals surface area contributed by atoms with E-state index < -0.39 is 67.5 Å². The zero-order valence-electron chi connectivity index (χ0n) is 20.1. The van der Waals surface area contributed by atoms with Gasteiger partial charge in [-0.3, -0.25) is 4.79 Å². The molecule has 0 spiro atoms. The number of rotatable bonds is 6. The number of alkyl halides is 3. The van der Waals surface area contributed by atoms with Crippen molar-refractivity contribution >= 4 is 48.1 Å². The lowest BCUT2D eigenvalue weighted by molar-refractivity contribution is -0.195. The van der Waals surface area contributed by atoms with E-state index in [0.29, 0.717) is 6.42 Å². The lowest BCUT2D eigenvalue weighted by atomic mass is 9.77. The average Bonchev–Trinajstić information content (AvgIpc) is 3.13. The molecule has 4 atom stereocenters. The Morgan fingerprint density at radius 2 is 1.97 bits per heavy atom. The largest absolute Gasteiger partial charge is 0.511 e. The molecule has 3 aliphatic carbocycles. The van der Waals surface area contributed by atoms with Gasteiger partial charge in [-0.25, -0.2) is 13.1 Å². The number of halogens is 3. The molecule has 3 fully saturated rings. The van der Waals surface area contributed by atoms with E-state index >= 15 is 0 Å². The molecule has 2 bridgehead atoms.